The van der Waals surface area contributed by atoms with E-state index in [0.29, 0.717) is 12.2 Å². The number of rotatable bonds is 0. The van der Waals surface area contributed by atoms with E-state index in [2.05, 4.69) is 0 Å². The van der Waals surface area contributed by atoms with Crippen LogP contribution in [0.5, 0.6) is 0 Å². The maximum absolute atomic E-state index is 12.1. The van der Waals surface area contributed by atoms with E-state index in [-0.39, 0.29) is 17.8 Å². The Kier molecular flexibility index (Phi) is 2.22. The van der Waals surface area contributed by atoms with Gasteiger partial charge in [0, 0.05) is 4.90 Å². The Morgan fingerprint density at radius 1 is 1.31 bits per heavy atom. The number of hydrogen-bond donors (Lipinski definition) is 0. The lowest BCUT2D eigenvalue weighted by Crippen LogP contribution is -2.39. The summed E-state index contributed by atoms with van der Waals surface area (Å²) in [6.45, 7) is 0.524. The van der Waals surface area contributed by atoms with Crippen molar-refractivity contribution in [1.29, 1.82) is 0 Å². The summed E-state index contributed by atoms with van der Waals surface area (Å²) in [7, 11) is 0. The predicted octanol–water partition coefficient (Wildman–Crippen LogP) is 1.12. The van der Waals surface area contributed by atoms with Gasteiger partial charge in [0.1, 0.15) is 12.8 Å². The molecular weight excluding hydrogens is 226 g/mol. The van der Waals surface area contributed by atoms with Crippen LogP contribution in [-0.2, 0) is 9.53 Å². The minimum atomic E-state index is -0.426. The zero-order chi connectivity index (χ0) is 11.1. The molecule has 4 nitrogen and oxygen atoms in total. The largest absolute Gasteiger partial charge is 0.358 e. The lowest BCUT2D eigenvalue weighted by Gasteiger charge is -2.17. The third kappa shape index (κ3) is 1.36. The Balaban J connectivity index is 2.11. The number of thioether (sulfide) groups is 1. The molecular formula is C11H9NO3S. The van der Waals surface area contributed by atoms with Gasteiger partial charge in [-0.2, -0.15) is 0 Å². The molecule has 1 saturated heterocycles. The molecule has 1 amide bonds. The van der Waals surface area contributed by atoms with Crippen LogP contribution in [-0.4, -0.2) is 35.3 Å². The third-order valence-electron chi connectivity index (χ3n) is 2.74. The van der Waals surface area contributed by atoms with E-state index in [1.807, 2.05) is 6.07 Å². The van der Waals surface area contributed by atoms with E-state index in [1.54, 1.807) is 18.2 Å². The summed E-state index contributed by atoms with van der Waals surface area (Å²) in [5.41, 5.74) is 0.592. The number of carbonyl (C=O) groups is 2. The number of fused-ring (bicyclic) bond motifs is 2. The van der Waals surface area contributed by atoms with Crippen LogP contribution in [0.25, 0.3) is 0 Å². The fourth-order valence-corrected chi connectivity index (χ4v) is 2.86. The number of ether oxygens (including phenoxy) is 1. The summed E-state index contributed by atoms with van der Waals surface area (Å²) in [6.07, 6.45) is 0. The predicted molar refractivity (Wildman–Crippen MR) is 58.1 cm³/mol. The van der Waals surface area contributed by atoms with Gasteiger partial charge in [0.05, 0.1) is 12.2 Å². The second kappa shape index (κ2) is 3.61. The molecule has 2 aliphatic rings. The first-order chi connectivity index (χ1) is 7.77. The molecule has 3 rings (SSSR count). The van der Waals surface area contributed by atoms with Crippen molar-refractivity contribution in [3.05, 3.63) is 29.8 Å². The average Bonchev–Trinajstić information content (AvgIpc) is 2.74. The fraction of sp³-hybridized carbons (Fsp3) is 0.273. The molecule has 1 atom stereocenters. The van der Waals surface area contributed by atoms with Gasteiger partial charge in [0.2, 0.25) is 5.12 Å². The zero-order valence-electron chi connectivity index (χ0n) is 8.38. The molecule has 0 radical (unpaired) electrons. The van der Waals surface area contributed by atoms with Gasteiger partial charge in [-0.05, 0) is 23.9 Å². The van der Waals surface area contributed by atoms with E-state index in [9.17, 15) is 9.59 Å². The topological polar surface area (TPSA) is 46.6 Å². The second-order valence-corrected chi connectivity index (χ2v) is 4.75. The van der Waals surface area contributed by atoms with Crippen molar-refractivity contribution in [3.63, 3.8) is 0 Å². The van der Waals surface area contributed by atoms with Crippen molar-refractivity contribution in [2.45, 2.75) is 10.9 Å². The van der Waals surface area contributed by atoms with Crippen LogP contribution in [0.15, 0.2) is 29.2 Å². The van der Waals surface area contributed by atoms with Crippen molar-refractivity contribution in [2.75, 3.05) is 13.3 Å². The highest BCUT2D eigenvalue weighted by Crippen LogP contribution is 2.32. The zero-order valence-corrected chi connectivity index (χ0v) is 9.20. The molecule has 2 heterocycles. The summed E-state index contributed by atoms with van der Waals surface area (Å²) in [4.78, 5) is 26.3. The van der Waals surface area contributed by atoms with Gasteiger partial charge >= 0.3 is 0 Å². The second-order valence-electron chi connectivity index (χ2n) is 3.71. The number of amides is 1. The summed E-state index contributed by atoms with van der Waals surface area (Å²) in [5, 5.41) is -0.0178. The smallest absolute Gasteiger partial charge is 0.257 e. The van der Waals surface area contributed by atoms with Gasteiger partial charge in [-0.3, -0.25) is 9.59 Å². The minimum Gasteiger partial charge on any atom is -0.358 e. The van der Waals surface area contributed by atoms with Crippen LogP contribution in [0.1, 0.15) is 10.4 Å². The van der Waals surface area contributed by atoms with Crippen molar-refractivity contribution in [1.82, 2.24) is 4.90 Å². The van der Waals surface area contributed by atoms with Crippen molar-refractivity contribution in [3.8, 4) is 0 Å². The highest BCUT2D eigenvalue weighted by molar-refractivity contribution is 8.13. The molecule has 1 aromatic carbocycles. The number of carbonyl (C=O) groups excluding carboxylic acids is 2. The van der Waals surface area contributed by atoms with Crippen LogP contribution < -0.4 is 0 Å². The van der Waals surface area contributed by atoms with Gasteiger partial charge in [0.25, 0.3) is 5.91 Å². The third-order valence-corrected chi connectivity index (χ3v) is 3.79. The Labute approximate surface area is 96.6 Å². The minimum absolute atomic E-state index is 0.0178. The molecule has 1 aromatic rings. The number of nitrogens with zero attached hydrogens (tertiary/aromatic N) is 1. The molecule has 0 saturated carbocycles. The molecule has 0 N–H and O–H groups in total. The maximum atomic E-state index is 12.1. The van der Waals surface area contributed by atoms with Crippen LogP contribution in [0.3, 0.4) is 0 Å². The van der Waals surface area contributed by atoms with Gasteiger partial charge in [-0.25, -0.2) is 0 Å². The lowest BCUT2D eigenvalue weighted by molar-refractivity contribution is -0.114. The average molecular weight is 235 g/mol. The monoisotopic (exact) mass is 235 g/mol. The van der Waals surface area contributed by atoms with Crippen molar-refractivity contribution >= 4 is 22.8 Å². The van der Waals surface area contributed by atoms with Gasteiger partial charge < -0.3 is 9.64 Å². The molecule has 0 bridgehead atoms. The Morgan fingerprint density at radius 2 is 2.12 bits per heavy atom. The number of benzene rings is 1. The summed E-state index contributed by atoms with van der Waals surface area (Å²) in [5.74, 6) is -0.114. The lowest BCUT2D eigenvalue weighted by atomic mass is 10.2. The normalized spacial score (nSPS) is 24.0. The SMILES string of the molecule is O=C1Sc2ccccc2C(=O)N2COCC12. The highest BCUT2D eigenvalue weighted by atomic mass is 32.2. The molecule has 0 aliphatic carbocycles. The van der Waals surface area contributed by atoms with E-state index in [1.165, 1.54) is 4.90 Å². The maximum Gasteiger partial charge on any atom is 0.257 e. The van der Waals surface area contributed by atoms with Gasteiger partial charge in [0.15, 0.2) is 0 Å². The Morgan fingerprint density at radius 3 is 3.00 bits per heavy atom. The van der Waals surface area contributed by atoms with Crippen LogP contribution in [0.2, 0.25) is 0 Å². The molecule has 16 heavy (non-hydrogen) atoms. The first-order valence-corrected chi connectivity index (χ1v) is 5.78. The van der Waals surface area contributed by atoms with Gasteiger partial charge in [-0.1, -0.05) is 12.1 Å². The quantitative estimate of drug-likeness (QED) is 0.676. The molecule has 82 valence electrons. The van der Waals surface area contributed by atoms with Crippen LogP contribution >= 0.6 is 11.8 Å². The van der Waals surface area contributed by atoms with Gasteiger partial charge in [-0.15, -0.1) is 0 Å². The highest BCUT2D eigenvalue weighted by Gasteiger charge is 2.39. The molecule has 0 spiro atoms. The van der Waals surface area contributed by atoms with Crippen molar-refractivity contribution < 1.29 is 14.3 Å². The Hall–Kier alpha value is -1.33. The fourth-order valence-electron chi connectivity index (χ4n) is 1.90. The van der Waals surface area contributed by atoms with E-state index in [0.717, 1.165) is 16.7 Å². The summed E-state index contributed by atoms with van der Waals surface area (Å²) < 4.78 is 5.17. The standard InChI is InChI=1S/C11H9NO3S/c13-10-7-3-1-2-4-9(7)16-11(14)8-5-15-6-12(8)10/h1-4,8H,5-6H2. The summed E-state index contributed by atoms with van der Waals surface area (Å²) in [6, 6.07) is 6.76. The van der Waals surface area contributed by atoms with Crippen LogP contribution in [0.4, 0.5) is 0 Å². The summed E-state index contributed by atoms with van der Waals surface area (Å²) >= 11 is 1.13. The molecule has 1 unspecified atom stereocenters. The Bertz CT molecular complexity index is 474. The molecule has 1 fully saturated rings. The first-order valence-electron chi connectivity index (χ1n) is 4.97. The van der Waals surface area contributed by atoms with E-state index < -0.39 is 6.04 Å². The first kappa shape index (κ1) is 9.86. The molecule has 5 heteroatoms. The van der Waals surface area contributed by atoms with Crippen LogP contribution in [0, 0.1) is 0 Å². The van der Waals surface area contributed by atoms with Crippen molar-refractivity contribution in [2.24, 2.45) is 0 Å². The number of hydrogen-bond acceptors (Lipinski definition) is 4. The van der Waals surface area contributed by atoms with E-state index in [4.69, 9.17) is 4.74 Å². The molecule has 0 aromatic heterocycles. The molecule has 2 aliphatic heterocycles. The van der Waals surface area contributed by atoms with E-state index >= 15 is 0 Å².